The number of carbonyl (C=O) groups is 2. The average Bonchev–Trinajstić information content (AvgIpc) is 2.64. The molecule has 1 heterocycles. The molecule has 9 heteroatoms. The second-order valence-corrected chi connectivity index (χ2v) is 5.16. The molecule has 3 N–H and O–H groups in total. The Balaban J connectivity index is 2.77. The summed E-state index contributed by atoms with van der Waals surface area (Å²) in [6, 6.07) is -1.10. The molecular weight excluding hydrogens is 272 g/mol. The monoisotopic (exact) mass is 288 g/mol. The van der Waals surface area contributed by atoms with E-state index in [1.165, 1.54) is 11.5 Å². The van der Waals surface area contributed by atoms with Crippen molar-refractivity contribution in [1.82, 2.24) is 20.1 Å². The Morgan fingerprint density at radius 2 is 2.16 bits per heavy atom. The van der Waals surface area contributed by atoms with Gasteiger partial charge in [-0.3, -0.25) is 9.36 Å². The molecule has 0 aliphatic carbocycles. The number of aromatic nitrogens is 3. The zero-order valence-corrected chi connectivity index (χ0v) is 11.7. The number of hydrogen-bond acceptors (Lipinski definition) is 5. The van der Waals surface area contributed by atoms with Gasteiger partial charge in [0, 0.05) is 18.7 Å². The number of aliphatic carboxylic acids is 1. The van der Waals surface area contributed by atoms with E-state index < -0.39 is 17.9 Å². The SMILES string of the molecule is CC(=O)NC(CSc1n[nH]c(=O)n1C(C)C)C(=O)O. The number of thioether (sulfide) groups is 1. The van der Waals surface area contributed by atoms with Crippen LogP contribution in [0.5, 0.6) is 0 Å². The summed E-state index contributed by atoms with van der Waals surface area (Å²) in [6.45, 7) is 4.89. The lowest BCUT2D eigenvalue weighted by Crippen LogP contribution is -2.41. The number of carboxylic acid groups (broad SMARTS) is 1. The van der Waals surface area contributed by atoms with Gasteiger partial charge in [-0.05, 0) is 13.8 Å². The summed E-state index contributed by atoms with van der Waals surface area (Å²) < 4.78 is 1.43. The maximum Gasteiger partial charge on any atom is 0.344 e. The van der Waals surface area contributed by atoms with E-state index in [-0.39, 0.29) is 17.5 Å². The number of aromatic amines is 1. The molecule has 1 atom stereocenters. The van der Waals surface area contributed by atoms with E-state index in [1.54, 1.807) is 0 Å². The predicted molar refractivity (Wildman–Crippen MR) is 69.2 cm³/mol. The van der Waals surface area contributed by atoms with Crippen molar-refractivity contribution in [2.45, 2.75) is 38.0 Å². The van der Waals surface area contributed by atoms with E-state index in [2.05, 4.69) is 15.5 Å². The van der Waals surface area contributed by atoms with E-state index in [0.29, 0.717) is 5.16 Å². The fourth-order valence-electron chi connectivity index (χ4n) is 1.43. The molecule has 0 bridgehead atoms. The smallest absolute Gasteiger partial charge is 0.344 e. The number of amides is 1. The van der Waals surface area contributed by atoms with E-state index in [0.717, 1.165) is 11.8 Å². The van der Waals surface area contributed by atoms with Crippen LogP contribution in [0, 0.1) is 0 Å². The Kier molecular flexibility index (Phi) is 5.16. The minimum absolute atomic E-state index is 0.0854. The molecule has 1 aromatic heterocycles. The quantitative estimate of drug-likeness (QED) is 0.626. The summed E-state index contributed by atoms with van der Waals surface area (Å²) >= 11 is 1.10. The summed E-state index contributed by atoms with van der Waals surface area (Å²) in [4.78, 5) is 33.3. The van der Waals surface area contributed by atoms with Crippen molar-refractivity contribution in [3.8, 4) is 0 Å². The number of hydrogen-bond donors (Lipinski definition) is 3. The highest BCUT2D eigenvalue weighted by atomic mass is 32.2. The Morgan fingerprint density at radius 3 is 2.63 bits per heavy atom. The number of nitrogens with zero attached hydrogens (tertiary/aromatic N) is 2. The van der Waals surface area contributed by atoms with Gasteiger partial charge in [-0.25, -0.2) is 14.7 Å². The molecule has 1 rings (SSSR count). The molecule has 19 heavy (non-hydrogen) atoms. The number of rotatable bonds is 6. The molecule has 0 saturated heterocycles. The van der Waals surface area contributed by atoms with Crippen molar-refractivity contribution in [1.29, 1.82) is 0 Å². The Morgan fingerprint density at radius 1 is 1.53 bits per heavy atom. The number of nitrogens with one attached hydrogen (secondary N) is 2. The van der Waals surface area contributed by atoms with E-state index in [4.69, 9.17) is 5.11 Å². The van der Waals surface area contributed by atoms with Crippen molar-refractivity contribution >= 4 is 23.6 Å². The highest BCUT2D eigenvalue weighted by molar-refractivity contribution is 7.99. The summed E-state index contributed by atoms with van der Waals surface area (Å²) in [5.41, 5.74) is -0.344. The van der Waals surface area contributed by atoms with Crippen molar-refractivity contribution in [2.24, 2.45) is 0 Å². The van der Waals surface area contributed by atoms with Crippen molar-refractivity contribution in [3.63, 3.8) is 0 Å². The normalized spacial score (nSPS) is 12.4. The third-order valence-corrected chi connectivity index (χ3v) is 3.29. The van der Waals surface area contributed by atoms with Crippen LogP contribution < -0.4 is 11.0 Å². The Labute approximate surface area is 113 Å². The number of H-pyrrole nitrogens is 1. The maximum atomic E-state index is 11.5. The molecule has 0 saturated carbocycles. The van der Waals surface area contributed by atoms with Crippen LogP contribution in [0.1, 0.15) is 26.8 Å². The topological polar surface area (TPSA) is 117 Å². The largest absolute Gasteiger partial charge is 0.480 e. The zero-order chi connectivity index (χ0) is 14.6. The molecule has 106 valence electrons. The lowest BCUT2D eigenvalue weighted by molar-refractivity contribution is -0.140. The van der Waals surface area contributed by atoms with Gasteiger partial charge in [0.15, 0.2) is 5.16 Å². The third kappa shape index (κ3) is 4.12. The second kappa shape index (κ2) is 6.41. The van der Waals surface area contributed by atoms with Crippen LogP contribution in [0.15, 0.2) is 9.95 Å². The molecule has 1 amide bonds. The molecule has 0 aliphatic heterocycles. The van der Waals surface area contributed by atoms with Gasteiger partial charge in [0.05, 0.1) is 0 Å². The van der Waals surface area contributed by atoms with Crippen molar-refractivity contribution in [3.05, 3.63) is 10.5 Å². The van der Waals surface area contributed by atoms with Gasteiger partial charge in [-0.15, -0.1) is 5.10 Å². The molecule has 0 radical (unpaired) electrons. The van der Waals surface area contributed by atoms with Gasteiger partial charge < -0.3 is 10.4 Å². The van der Waals surface area contributed by atoms with Crippen LogP contribution in [-0.4, -0.2) is 43.5 Å². The van der Waals surface area contributed by atoms with Crippen molar-refractivity contribution < 1.29 is 14.7 Å². The van der Waals surface area contributed by atoms with E-state index >= 15 is 0 Å². The molecule has 0 aliphatic rings. The summed E-state index contributed by atoms with van der Waals surface area (Å²) in [7, 11) is 0. The van der Waals surface area contributed by atoms with Gasteiger partial charge in [0.1, 0.15) is 6.04 Å². The highest BCUT2D eigenvalue weighted by Gasteiger charge is 2.21. The van der Waals surface area contributed by atoms with Crippen molar-refractivity contribution in [2.75, 3.05) is 5.75 Å². The van der Waals surface area contributed by atoms with Crippen LogP contribution in [0.25, 0.3) is 0 Å². The van der Waals surface area contributed by atoms with Gasteiger partial charge in [-0.1, -0.05) is 11.8 Å². The summed E-state index contributed by atoms with van der Waals surface area (Å²) in [5.74, 6) is -1.46. The molecule has 0 spiro atoms. The molecule has 0 fully saturated rings. The Hall–Kier alpha value is -1.77. The second-order valence-electron chi connectivity index (χ2n) is 4.18. The summed E-state index contributed by atoms with van der Waals surface area (Å²) in [6.07, 6.45) is 0. The third-order valence-electron chi connectivity index (χ3n) is 2.24. The number of carbonyl (C=O) groups excluding carboxylic acids is 1. The average molecular weight is 288 g/mol. The molecule has 1 unspecified atom stereocenters. The molecule has 0 aromatic carbocycles. The van der Waals surface area contributed by atoms with Crippen LogP contribution in [0.3, 0.4) is 0 Å². The standard InChI is InChI=1S/C10H16N4O4S/c1-5(2)14-9(18)12-13-10(14)19-4-7(8(16)17)11-6(3)15/h5,7H,4H2,1-3H3,(H,11,15)(H,12,18)(H,16,17). The summed E-state index contributed by atoms with van der Waals surface area (Å²) in [5, 5.41) is 17.8. The van der Waals surface area contributed by atoms with E-state index in [9.17, 15) is 14.4 Å². The predicted octanol–water partition coefficient (Wildman–Crippen LogP) is -0.166. The first-order chi connectivity index (χ1) is 8.82. The maximum absolute atomic E-state index is 11.5. The van der Waals surface area contributed by atoms with Crippen LogP contribution in [0.2, 0.25) is 0 Å². The van der Waals surface area contributed by atoms with Crippen LogP contribution in [-0.2, 0) is 9.59 Å². The number of carboxylic acids is 1. The fraction of sp³-hybridized carbons (Fsp3) is 0.600. The van der Waals surface area contributed by atoms with Gasteiger partial charge in [0.2, 0.25) is 5.91 Å². The lowest BCUT2D eigenvalue weighted by atomic mass is 10.3. The molecule has 8 nitrogen and oxygen atoms in total. The van der Waals surface area contributed by atoms with E-state index in [1.807, 2.05) is 13.8 Å². The Bertz CT molecular complexity index is 522. The van der Waals surface area contributed by atoms with Gasteiger partial charge in [0.25, 0.3) is 0 Å². The fourth-order valence-corrected chi connectivity index (χ4v) is 2.51. The zero-order valence-electron chi connectivity index (χ0n) is 10.8. The lowest BCUT2D eigenvalue weighted by Gasteiger charge is -2.13. The van der Waals surface area contributed by atoms with Gasteiger partial charge in [-0.2, -0.15) is 0 Å². The van der Waals surface area contributed by atoms with Crippen LogP contribution in [0.4, 0.5) is 0 Å². The van der Waals surface area contributed by atoms with Gasteiger partial charge >= 0.3 is 11.7 Å². The minimum Gasteiger partial charge on any atom is -0.480 e. The first-order valence-corrected chi connectivity index (χ1v) is 6.61. The highest BCUT2D eigenvalue weighted by Crippen LogP contribution is 2.17. The molecule has 1 aromatic rings. The molecular formula is C10H16N4O4S. The minimum atomic E-state index is -1.13. The van der Waals surface area contributed by atoms with Crippen LogP contribution >= 0.6 is 11.8 Å². The first-order valence-electron chi connectivity index (χ1n) is 5.62. The first kappa shape index (κ1) is 15.3.